The summed E-state index contributed by atoms with van der Waals surface area (Å²) in [7, 11) is -0.771. The van der Waals surface area contributed by atoms with Gasteiger partial charge in [-0.3, -0.25) is 0 Å². The van der Waals surface area contributed by atoms with Crippen molar-refractivity contribution in [1.82, 2.24) is 0 Å². The lowest BCUT2D eigenvalue weighted by atomic mass is 10.1. The molecule has 0 spiro atoms. The van der Waals surface area contributed by atoms with Gasteiger partial charge in [-0.1, -0.05) is 73.2 Å². The summed E-state index contributed by atoms with van der Waals surface area (Å²) in [4.78, 5) is 0. The van der Waals surface area contributed by atoms with E-state index in [1.165, 1.54) is 38.1 Å². The normalized spacial score (nSPS) is 10.9. The van der Waals surface area contributed by atoms with Gasteiger partial charge in [0.05, 0.1) is 5.33 Å². The largest absolute Gasteiger partial charge is 0.102 e. The van der Waals surface area contributed by atoms with E-state index < -0.39 is 8.07 Å². The molecule has 0 aliphatic carbocycles. The third-order valence-electron chi connectivity index (χ3n) is 2.42. The molecule has 0 atom stereocenters. The van der Waals surface area contributed by atoms with Crippen molar-refractivity contribution in [1.29, 1.82) is 0 Å². The molecule has 0 unspecified atom stereocenters. The molecule has 0 saturated carbocycles. The van der Waals surface area contributed by atoms with E-state index in [2.05, 4.69) is 47.4 Å². The van der Waals surface area contributed by atoms with Crippen LogP contribution in [0.15, 0.2) is 0 Å². The second-order valence-corrected chi connectivity index (χ2v) is 11.5. The molecule has 0 aliphatic rings. The van der Waals surface area contributed by atoms with Crippen molar-refractivity contribution in [2.24, 2.45) is 0 Å². The maximum Gasteiger partial charge on any atom is 0.0645 e. The standard InChI is InChI=1S/C13H25BrSi/c1-15(2,3)13-11-9-7-5-4-6-8-10-12-14/h4-7,9,11-13H2,1-3H3. The molecule has 0 nitrogen and oxygen atoms in total. The number of halogens is 1. The van der Waals surface area contributed by atoms with Gasteiger partial charge in [0, 0.05) is 14.5 Å². The molecule has 0 aromatic carbocycles. The smallest absolute Gasteiger partial charge is 0.0645 e. The first kappa shape index (κ1) is 15.3. The molecule has 0 bridgehead atoms. The molecule has 0 aromatic heterocycles. The fourth-order valence-corrected chi connectivity index (χ4v) is 3.04. The summed E-state index contributed by atoms with van der Waals surface area (Å²) >= 11 is 3.30. The Balaban J connectivity index is 3.12. The molecule has 0 radical (unpaired) electrons. The highest BCUT2D eigenvalue weighted by Gasteiger charge is 2.11. The van der Waals surface area contributed by atoms with Crippen LogP contribution in [-0.2, 0) is 0 Å². The van der Waals surface area contributed by atoms with Gasteiger partial charge in [-0.05, 0) is 6.42 Å². The fraction of sp³-hybridized carbons (Fsp3) is 0.846. The summed E-state index contributed by atoms with van der Waals surface area (Å²) in [6.07, 6.45) is 8.01. The van der Waals surface area contributed by atoms with Gasteiger partial charge in [0.15, 0.2) is 0 Å². The second kappa shape index (κ2) is 9.48. The molecule has 2 heteroatoms. The minimum Gasteiger partial charge on any atom is -0.102 e. The van der Waals surface area contributed by atoms with Crippen LogP contribution in [0.4, 0.5) is 0 Å². The van der Waals surface area contributed by atoms with Crippen molar-refractivity contribution >= 4 is 24.0 Å². The molecule has 0 fully saturated rings. The predicted molar refractivity (Wildman–Crippen MR) is 77.4 cm³/mol. The zero-order valence-corrected chi connectivity index (χ0v) is 13.1. The van der Waals surface area contributed by atoms with Gasteiger partial charge in [-0.15, -0.1) is 5.92 Å². The van der Waals surface area contributed by atoms with Crippen LogP contribution in [0.3, 0.4) is 0 Å². The number of hydrogen-bond acceptors (Lipinski definition) is 0. The molecular formula is C13H25BrSi. The fourth-order valence-electron chi connectivity index (χ4n) is 1.53. The molecule has 15 heavy (non-hydrogen) atoms. The first-order valence-electron chi connectivity index (χ1n) is 6.08. The van der Waals surface area contributed by atoms with Crippen LogP contribution in [0.25, 0.3) is 0 Å². The van der Waals surface area contributed by atoms with Crippen molar-refractivity contribution in [3.63, 3.8) is 0 Å². The van der Waals surface area contributed by atoms with E-state index in [9.17, 15) is 0 Å². The zero-order chi connectivity index (χ0) is 11.6. The van der Waals surface area contributed by atoms with Gasteiger partial charge in [0.1, 0.15) is 0 Å². The Morgan fingerprint density at radius 3 is 2.07 bits per heavy atom. The Morgan fingerprint density at radius 1 is 0.867 bits per heavy atom. The molecule has 0 saturated heterocycles. The Kier molecular flexibility index (Phi) is 9.64. The average molecular weight is 289 g/mol. The van der Waals surface area contributed by atoms with Crippen LogP contribution in [0.2, 0.25) is 25.7 Å². The van der Waals surface area contributed by atoms with E-state index in [-0.39, 0.29) is 0 Å². The topological polar surface area (TPSA) is 0 Å². The first-order chi connectivity index (χ1) is 7.06. The lowest BCUT2D eigenvalue weighted by molar-refractivity contribution is 0.638. The molecule has 0 aromatic rings. The summed E-state index contributed by atoms with van der Waals surface area (Å²) in [5.41, 5.74) is 0. The zero-order valence-electron chi connectivity index (χ0n) is 10.5. The third-order valence-corrected chi connectivity index (χ3v) is 4.55. The number of unbranched alkanes of at least 4 members (excludes halogenated alkanes) is 5. The van der Waals surface area contributed by atoms with Crippen LogP contribution in [0.5, 0.6) is 0 Å². The van der Waals surface area contributed by atoms with Crippen molar-refractivity contribution in [2.75, 3.05) is 5.33 Å². The Bertz CT molecular complexity index is 195. The second-order valence-electron chi connectivity index (χ2n) is 5.32. The molecule has 0 heterocycles. The van der Waals surface area contributed by atoms with Gasteiger partial charge in [-0.25, -0.2) is 0 Å². The molecule has 0 rings (SSSR count). The third kappa shape index (κ3) is 14.3. The SMILES string of the molecule is C[Si](C)(C)CCCCCCCC#CCBr. The highest BCUT2D eigenvalue weighted by atomic mass is 79.9. The molecule has 0 amide bonds. The maximum atomic E-state index is 3.30. The van der Waals surface area contributed by atoms with Gasteiger partial charge < -0.3 is 0 Å². The van der Waals surface area contributed by atoms with Crippen LogP contribution in [0.1, 0.15) is 38.5 Å². The maximum absolute atomic E-state index is 3.30. The van der Waals surface area contributed by atoms with E-state index in [0.717, 1.165) is 11.8 Å². The number of alkyl halides is 1. The van der Waals surface area contributed by atoms with E-state index in [1.807, 2.05) is 0 Å². The van der Waals surface area contributed by atoms with Crippen LogP contribution < -0.4 is 0 Å². The Morgan fingerprint density at radius 2 is 1.47 bits per heavy atom. The van der Waals surface area contributed by atoms with Crippen molar-refractivity contribution in [3.05, 3.63) is 0 Å². The van der Waals surface area contributed by atoms with Gasteiger partial charge in [0.2, 0.25) is 0 Å². The molecule has 88 valence electrons. The highest BCUT2D eigenvalue weighted by Crippen LogP contribution is 2.15. The molecule has 0 aliphatic heterocycles. The van der Waals surface area contributed by atoms with Crippen LogP contribution >= 0.6 is 15.9 Å². The van der Waals surface area contributed by atoms with E-state index >= 15 is 0 Å². The summed E-state index contributed by atoms with van der Waals surface area (Å²) in [5, 5.41) is 0.823. The number of rotatable bonds is 7. The highest BCUT2D eigenvalue weighted by molar-refractivity contribution is 9.09. The number of hydrogen-bond donors (Lipinski definition) is 0. The van der Waals surface area contributed by atoms with E-state index in [1.54, 1.807) is 0 Å². The summed E-state index contributed by atoms with van der Waals surface area (Å²) < 4.78 is 0. The quantitative estimate of drug-likeness (QED) is 0.266. The van der Waals surface area contributed by atoms with E-state index in [4.69, 9.17) is 0 Å². The monoisotopic (exact) mass is 288 g/mol. The Labute approximate surface area is 105 Å². The summed E-state index contributed by atoms with van der Waals surface area (Å²) in [5.74, 6) is 6.20. The summed E-state index contributed by atoms with van der Waals surface area (Å²) in [6, 6.07) is 1.50. The van der Waals surface area contributed by atoms with Crippen LogP contribution in [-0.4, -0.2) is 13.4 Å². The average Bonchev–Trinajstić information content (AvgIpc) is 2.14. The van der Waals surface area contributed by atoms with Crippen LogP contribution in [0, 0.1) is 11.8 Å². The lowest BCUT2D eigenvalue weighted by Gasteiger charge is -2.14. The predicted octanol–water partition coefficient (Wildman–Crippen LogP) is 5.06. The minimum atomic E-state index is -0.771. The van der Waals surface area contributed by atoms with Crippen molar-refractivity contribution < 1.29 is 0 Å². The van der Waals surface area contributed by atoms with E-state index in [0.29, 0.717) is 0 Å². The lowest BCUT2D eigenvalue weighted by Crippen LogP contribution is -2.18. The van der Waals surface area contributed by atoms with Gasteiger partial charge in [-0.2, -0.15) is 0 Å². The first-order valence-corrected chi connectivity index (χ1v) is 10.9. The molecular weight excluding hydrogens is 264 g/mol. The minimum absolute atomic E-state index is 0.771. The van der Waals surface area contributed by atoms with Crippen molar-refractivity contribution in [2.45, 2.75) is 64.2 Å². The van der Waals surface area contributed by atoms with Crippen molar-refractivity contribution in [3.8, 4) is 11.8 Å². The Hall–Kier alpha value is 0.257. The van der Waals surface area contributed by atoms with Gasteiger partial charge >= 0.3 is 0 Å². The molecule has 0 N–H and O–H groups in total. The summed E-state index contributed by atoms with van der Waals surface area (Å²) in [6.45, 7) is 7.38. The van der Waals surface area contributed by atoms with Gasteiger partial charge in [0.25, 0.3) is 0 Å².